The van der Waals surface area contributed by atoms with Gasteiger partial charge in [-0.05, 0) is 25.8 Å². The Morgan fingerprint density at radius 3 is 2.44 bits per heavy atom. The van der Waals surface area contributed by atoms with Crippen molar-refractivity contribution < 1.29 is 4.74 Å². The van der Waals surface area contributed by atoms with Crippen LogP contribution in [0.5, 0.6) is 0 Å². The molecule has 0 N–H and O–H groups in total. The van der Waals surface area contributed by atoms with Crippen LogP contribution < -0.4 is 0 Å². The summed E-state index contributed by atoms with van der Waals surface area (Å²) in [6.07, 6.45) is 14.6. The van der Waals surface area contributed by atoms with Crippen LogP contribution in [-0.4, -0.2) is 6.61 Å². The highest BCUT2D eigenvalue weighted by atomic mass is 16.5. The highest BCUT2D eigenvalue weighted by molar-refractivity contribution is 5.16. The van der Waals surface area contributed by atoms with E-state index in [1.807, 2.05) is 0 Å². The first kappa shape index (κ1) is 13.3. The number of rotatable bonds is 8. The van der Waals surface area contributed by atoms with E-state index >= 15 is 0 Å². The molecule has 0 aromatic heterocycles. The lowest BCUT2D eigenvalue weighted by Crippen LogP contribution is -1.98. The molecule has 1 heteroatoms. The minimum Gasteiger partial charge on any atom is -0.498 e. The largest absolute Gasteiger partial charge is 0.498 e. The second-order valence-corrected chi connectivity index (χ2v) is 4.75. The van der Waals surface area contributed by atoms with E-state index in [1.165, 1.54) is 49.9 Å². The van der Waals surface area contributed by atoms with E-state index in [9.17, 15) is 0 Å². The van der Waals surface area contributed by atoms with E-state index < -0.39 is 0 Å². The molecule has 0 amide bonds. The monoisotopic (exact) mass is 222 g/mol. The lowest BCUT2D eigenvalue weighted by molar-refractivity contribution is 0.198. The zero-order valence-electron chi connectivity index (χ0n) is 10.9. The molecule has 0 aromatic rings. The molecule has 1 aliphatic carbocycles. The first-order valence-electron chi connectivity index (χ1n) is 6.80. The summed E-state index contributed by atoms with van der Waals surface area (Å²) in [7, 11) is 0. The molecule has 0 heterocycles. The van der Waals surface area contributed by atoms with Crippen LogP contribution >= 0.6 is 0 Å². The Morgan fingerprint density at radius 1 is 1.00 bits per heavy atom. The molecule has 1 aliphatic rings. The van der Waals surface area contributed by atoms with Crippen molar-refractivity contribution >= 4 is 0 Å². The lowest BCUT2D eigenvalue weighted by atomic mass is 10.1. The van der Waals surface area contributed by atoms with Crippen molar-refractivity contribution in [3.63, 3.8) is 0 Å². The van der Waals surface area contributed by atoms with Gasteiger partial charge < -0.3 is 4.74 Å². The van der Waals surface area contributed by atoms with Crippen LogP contribution in [-0.2, 0) is 4.74 Å². The maximum atomic E-state index is 5.75. The zero-order valence-corrected chi connectivity index (χ0v) is 10.9. The second-order valence-electron chi connectivity index (χ2n) is 4.75. The average Bonchev–Trinajstić information content (AvgIpc) is 2.30. The molecule has 1 rings (SSSR count). The number of unbranched alkanes of at least 4 members (excludes halogenated alkanes) is 5. The van der Waals surface area contributed by atoms with Gasteiger partial charge in [-0.3, -0.25) is 0 Å². The van der Waals surface area contributed by atoms with Crippen LogP contribution in [0.25, 0.3) is 0 Å². The van der Waals surface area contributed by atoms with Gasteiger partial charge in [0, 0.05) is 6.42 Å². The molecule has 0 atom stereocenters. The molecule has 0 fully saturated rings. The first-order valence-corrected chi connectivity index (χ1v) is 6.80. The van der Waals surface area contributed by atoms with E-state index in [0.29, 0.717) is 0 Å². The van der Waals surface area contributed by atoms with Crippen molar-refractivity contribution in [3.05, 3.63) is 23.5 Å². The van der Waals surface area contributed by atoms with E-state index in [2.05, 4.69) is 26.0 Å². The van der Waals surface area contributed by atoms with E-state index in [0.717, 1.165) is 19.4 Å². The quantitative estimate of drug-likeness (QED) is 0.415. The average molecular weight is 222 g/mol. The number of hydrogen-bond acceptors (Lipinski definition) is 1. The fraction of sp³-hybridized carbons (Fsp3) is 0.733. The van der Waals surface area contributed by atoms with Gasteiger partial charge in [0.15, 0.2) is 0 Å². The van der Waals surface area contributed by atoms with E-state index in [-0.39, 0.29) is 0 Å². The van der Waals surface area contributed by atoms with Crippen molar-refractivity contribution in [1.82, 2.24) is 0 Å². The summed E-state index contributed by atoms with van der Waals surface area (Å²) in [5.74, 6) is 1.18. The maximum absolute atomic E-state index is 5.75. The fourth-order valence-corrected chi connectivity index (χ4v) is 1.92. The fourth-order valence-electron chi connectivity index (χ4n) is 1.92. The topological polar surface area (TPSA) is 9.23 Å². The van der Waals surface area contributed by atoms with Gasteiger partial charge in [-0.2, -0.15) is 0 Å². The Labute approximate surface area is 101 Å². The van der Waals surface area contributed by atoms with Gasteiger partial charge in [-0.1, -0.05) is 50.7 Å². The molecule has 0 unspecified atom stereocenters. The molecule has 0 aliphatic heterocycles. The highest BCUT2D eigenvalue weighted by Gasteiger charge is 2.02. The Hall–Kier alpha value is -0.720. The normalized spacial score (nSPS) is 15.6. The van der Waals surface area contributed by atoms with Crippen LogP contribution in [0.4, 0.5) is 0 Å². The third kappa shape index (κ3) is 5.99. The molecule has 16 heavy (non-hydrogen) atoms. The minimum atomic E-state index is 0.908. The summed E-state index contributed by atoms with van der Waals surface area (Å²) in [6, 6.07) is 0. The molecule has 0 spiro atoms. The smallest absolute Gasteiger partial charge is 0.0960 e. The molecular weight excluding hydrogens is 196 g/mol. The number of ether oxygens (including phenoxy) is 1. The molecule has 0 radical (unpaired) electrons. The van der Waals surface area contributed by atoms with Gasteiger partial charge in [0.05, 0.1) is 12.4 Å². The Kier molecular flexibility index (Phi) is 7.03. The number of allylic oxidation sites excluding steroid dienone is 3. The van der Waals surface area contributed by atoms with Gasteiger partial charge in [-0.25, -0.2) is 0 Å². The Balaban J connectivity index is 1.92. The predicted molar refractivity (Wildman–Crippen MR) is 70.4 cm³/mol. The molecule has 0 aromatic carbocycles. The molecule has 0 saturated heterocycles. The van der Waals surface area contributed by atoms with Crippen molar-refractivity contribution in [1.29, 1.82) is 0 Å². The third-order valence-corrected chi connectivity index (χ3v) is 3.09. The molecule has 1 nitrogen and oxygen atoms in total. The van der Waals surface area contributed by atoms with Crippen molar-refractivity contribution in [2.45, 2.75) is 65.2 Å². The van der Waals surface area contributed by atoms with Crippen molar-refractivity contribution in [2.24, 2.45) is 0 Å². The summed E-state index contributed by atoms with van der Waals surface area (Å²) in [5.41, 5.74) is 1.46. The SMILES string of the molecule is CCCCCCCCOC1=CCC(C)=CC1. The van der Waals surface area contributed by atoms with Crippen LogP contribution in [0.2, 0.25) is 0 Å². The second kappa shape index (κ2) is 8.43. The summed E-state index contributed by atoms with van der Waals surface area (Å²) >= 11 is 0. The van der Waals surface area contributed by atoms with E-state index in [4.69, 9.17) is 4.74 Å². The lowest BCUT2D eigenvalue weighted by Gasteiger charge is -2.13. The van der Waals surface area contributed by atoms with Gasteiger partial charge in [-0.15, -0.1) is 0 Å². The Morgan fingerprint density at radius 2 is 1.75 bits per heavy atom. The summed E-state index contributed by atoms with van der Waals surface area (Å²) in [4.78, 5) is 0. The van der Waals surface area contributed by atoms with Crippen LogP contribution in [0, 0.1) is 0 Å². The number of hydrogen-bond donors (Lipinski definition) is 0. The van der Waals surface area contributed by atoms with E-state index in [1.54, 1.807) is 0 Å². The predicted octanol–water partition coefficient (Wildman–Crippen LogP) is 4.99. The van der Waals surface area contributed by atoms with Crippen LogP contribution in [0.1, 0.15) is 65.2 Å². The standard InChI is InChI=1S/C15H26O/c1-3-4-5-6-7-8-13-16-15-11-9-14(2)10-12-15/h9,12H,3-8,10-11,13H2,1-2H3. The molecule has 0 bridgehead atoms. The summed E-state index contributed by atoms with van der Waals surface area (Å²) in [5, 5.41) is 0. The zero-order chi connectivity index (χ0) is 11.6. The summed E-state index contributed by atoms with van der Waals surface area (Å²) < 4.78 is 5.75. The van der Waals surface area contributed by atoms with Gasteiger partial charge >= 0.3 is 0 Å². The molecule has 92 valence electrons. The Bertz CT molecular complexity index is 238. The maximum Gasteiger partial charge on any atom is 0.0960 e. The molecular formula is C15H26O. The van der Waals surface area contributed by atoms with Gasteiger partial charge in [0.1, 0.15) is 0 Å². The summed E-state index contributed by atoms with van der Waals surface area (Å²) in [6.45, 7) is 5.35. The first-order chi connectivity index (χ1) is 7.83. The van der Waals surface area contributed by atoms with Crippen LogP contribution in [0.3, 0.4) is 0 Å². The third-order valence-electron chi connectivity index (χ3n) is 3.09. The van der Waals surface area contributed by atoms with Gasteiger partial charge in [0.2, 0.25) is 0 Å². The van der Waals surface area contributed by atoms with Gasteiger partial charge in [0.25, 0.3) is 0 Å². The van der Waals surface area contributed by atoms with Crippen molar-refractivity contribution in [2.75, 3.05) is 6.61 Å². The van der Waals surface area contributed by atoms with Crippen LogP contribution in [0.15, 0.2) is 23.5 Å². The van der Waals surface area contributed by atoms with Crippen molar-refractivity contribution in [3.8, 4) is 0 Å². The highest BCUT2D eigenvalue weighted by Crippen LogP contribution is 2.18. The molecule has 0 saturated carbocycles. The minimum absolute atomic E-state index is 0.908.